The Morgan fingerprint density at radius 1 is 1.28 bits per heavy atom. The molecular weight excluding hydrogens is 240 g/mol. The fourth-order valence-corrected chi connectivity index (χ4v) is 1.26. The summed E-state index contributed by atoms with van der Waals surface area (Å²) in [7, 11) is 1.54. The Morgan fingerprint density at radius 2 is 1.89 bits per heavy atom. The summed E-state index contributed by atoms with van der Waals surface area (Å²) in [6.45, 7) is 1.81. The molecule has 0 aliphatic heterocycles. The number of carbonyl (C=O) groups excluding carboxylic acids is 2. The van der Waals surface area contributed by atoms with Crippen LogP contribution in [0.4, 0.5) is 0 Å². The average Bonchev–Trinajstić information content (AvgIpc) is 2.30. The largest absolute Gasteiger partial charge is 0.480 e. The van der Waals surface area contributed by atoms with Gasteiger partial charge in [-0.1, -0.05) is 0 Å². The fourth-order valence-electron chi connectivity index (χ4n) is 1.26. The van der Waals surface area contributed by atoms with Gasteiger partial charge in [0, 0.05) is 20.0 Å². The van der Waals surface area contributed by atoms with Gasteiger partial charge in [-0.15, -0.1) is 0 Å². The highest BCUT2D eigenvalue weighted by atomic mass is 16.5. The molecule has 4 N–H and O–H groups in total. The molecule has 0 aromatic carbocycles. The Bertz CT molecular complexity index is 306. The Morgan fingerprint density at radius 3 is 2.33 bits per heavy atom. The van der Waals surface area contributed by atoms with Crippen LogP contribution in [0, 0.1) is 0 Å². The zero-order chi connectivity index (χ0) is 14.1. The van der Waals surface area contributed by atoms with Crippen LogP contribution in [-0.2, 0) is 19.1 Å². The van der Waals surface area contributed by atoms with Crippen molar-refractivity contribution < 1.29 is 24.2 Å². The van der Waals surface area contributed by atoms with Gasteiger partial charge in [-0.05, 0) is 19.8 Å². The summed E-state index contributed by atoms with van der Waals surface area (Å²) in [5.41, 5.74) is 4.93. The van der Waals surface area contributed by atoms with Gasteiger partial charge in [0.15, 0.2) is 0 Å². The van der Waals surface area contributed by atoms with Gasteiger partial charge < -0.3 is 20.9 Å². The van der Waals surface area contributed by atoms with Gasteiger partial charge in [0.1, 0.15) is 6.04 Å². The second kappa shape index (κ2) is 8.46. The molecule has 7 nitrogen and oxygen atoms in total. The van der Waals surface area contributed by atoms with Crippen molar-refractivity contribution in [2.24, 2.45) is 5.73 Å². The first-order valence-electron chi connectivity index (χ1n) is 5.70. The molecule has 104 valence electrons. The molecule has 18 heavy (non-hydrogen) atoms. The van der Waals surface area contributed by atoms with Gasteiger partial charge in [0.05, 0.1) is 6.10 Å². The molecule has 0 bridgehead atoms. The monoisotopic (exact) mass is 260 g/mol. The Labute approximate surface area is 106 Å². The molecule has 0 aromatic rings. The second-order valence-corrected chi connectivity index (χ2v) is 4.05. The van der Waals surface area contributed by atoms with Crippen molar-refractivity contribution in [1.29, 1.82) is 0 Å². The van der Waals surface area contributed by atoms with Crippen molar-refractivity contribution in [3.8, 4) is 0 Å². The van der Waals surface area contributed by atoms with E-state index in [0.717, 1.165) is 0 Å². The van der Waals surface area contributed by atoms with Crippen LogP contribution in [0.2, 0.25) is 0 Å². The van der Waals surface area contributed by atoms with Crippen LogP contribution in [0.15, 0.2) is 0 Å². The van der Waals surface area contributed by atoms with Gasteiger partial charge in [0.2, 0.25) is 11.8 Å². The van der Waals surface area contributed by atoms with Crippen LogP contribution in [0.1, 0.15) is 32.6 Å². The van der Waals surface area contributed by atoms with Crippen LogP contribution in [0.25, 0.3) is 0 Å². The number of hydrogen-bond donors (Lipinski definition) is 3. The number of carbonyl (C=O) groups is 3. The number of methoxy groups -OCH3 is 1. The molecule has 2 atom stereocenters. The number of nitrogens with one attached hydrogen (secondary N) is 1. The number of rotatable bonds is 9. The van der Waals surface area contributed by atoms with Gasteiger partial charge in [-0.3, -0.25) is 9.59 Å². The van der Waals surface area contributed by atoms with Gasteiger partial charge in [-0.2, -0.15) is 0 Å². The van der Waals surface area contributed by atoms with E-state index in [1.807, 2.05) is 6.92 Å². The lowest BCUT2D eigenvalue weighted by Gasteiger charge is -2.14. The predicted molar refractivity (Wildman–Crippen MR) is 63.7 cm³/mol. The topological polar surface area (TPSA) is 119 Å². The van der Waals surface area contributed by atoms with E-state index in [9.17, 15) is 14.4 Å². The SMILES string of the molecule is COC(C)CCC(=O)N[C@@H](CCC(N)=O)C(=O)O. The molecule has 0 aliphatic carbocycles. The highest BCUT2D eigenvalue weighted by Crippen LogP contribution is 2.02. The van der Waals surface area contributed by atoms with E-state index >= 15 is 0 Å². The summed E-state index contributed by atoms with van der Waals surface area (Å²) in [6, 6.07) is -1.08. The number of aliphatic carboxylic acids is 1. The molecule has 0 saturated carbocycles. The third-order valence-electron chi connectivity index (χ3n) is 2.49. The molecule has 2 amide bonds. The molecule has 1 unspecified atom stereocenters. The van der Waals surface area contributed by atoms with Crippen LogP contribution < -0.4 is 11.1 Å². The van der Waals surface area contributed by atoms with E-state index in [-0.39, 0.29) is 31.3 Å². The average molecular weight is 260 g/mol. The number of amides is 2. The first-order valence-corrected chi connectivity index (χ1v) is 5.70. The summed E-state index contributed by atoms with van der Waals surface area (Å²) < 4.78 is 4.97. The number of carboxylic acid groups (broad SMARTS) is 1. The van der Waals surface area contributed by atoms with Crippen molar-refractivity contribution in [3.05, 3.63) is 0 Å². The summed E-state index contributed by atoms with van der Waals surface area (Å²) in [5, 5.41) is 11.2. The quantitative estimate of drug-likeness (QED) is 0.523. The maximum atomic E-state index is 11.5. The highest BCUT2D eigenvalue weighted by Gasteiger charge is 2.20. The molecule has 0 aliphatic rings. The third-order valence-corrected chi connectivity index (χ3v) is 2.49. The summed E-state index contributed by atoms with van der Waals surface area (Å²) >= 11 is 0. The van der Waals surface area contributed by atoms with E-state index in [0.29, 0.717) is 6.42 Å². The normalized spacial score (nSPS) is 13.7. The number of primary amides is 1. The van der Waals surface area contributed by atoms with Crippen molar-refractivity contribution in [2.75, 3.05) is 7.11 Å². The maximum absolute atomic E-state index is 11.5. The van der Waals surface area contributed by atoms with Gasteiger partial charge in [0.25, 0.3) is 0 Å². The van der Waals surface area contributed by atoms with Crippen LogP contribution in [0.3, 0.4) is 0 Å². The zero-order valence-corrected chi connectivity index (χ0v) is 10.6. The molecule has 0 rings (SSSR count). The van der Waals surface area contributed by atoms with E-state index < -0.39 is 17.9 Å². The van der Waals surface area contributed by atoms with Gasteiger partial charge >= 0.3 is 5.97 Å². The minimum atomic E-state index is -1.18. The minimum absolute atomic E-state index is 0.00373. The first kappa shape index (κ1) is 16.4. The number of ether oxygens (including phenoxy) is 1. The molecule has 0 heterocycles. The zero-order valence-electron chi connectivity index (χ0n) is 10.6. The number of carboxylic acids is 1. The van der Waals surface area contributed by atoms with Gasteiger partial charge in [-0.25, -0.2) is 4.79 Å². The van der Waals surface area contributed by atoms with Crippen molar-refractivity contribution in [3.63, 3.8) is 0 Å². The minimum Gasteiger partial charge on any atom is -0.480 e. The predicted octanol–water partition coefficient (Wildman–Crippen LogP) is -0.364. The van der Waals surface area contributed by atoms with E-state index in [4.69, 9.17) is 15.6 Å². The molecule has 7 heteroatoms. The molecule has 0 saturated heterocycles. The standard InChI is InChI=1S/C11H20N2O5/c1-7(18-2)3-6-10(15)13-8(11(16)17)4-5-9(12)14/h7-8H,3-6H2,1-2H3,(H2,12,14)(H,13,15)(H,16,17)/t7?,8-/m0/s1. The van der Waals surface area contributed by atoms with Crippen molar-refractivity contribution in [2.45, 2.75) is 44.8 Å². The smallest absolute Gasteiger partial charge is 0.326 e. The van der Waals surface area contributed by atoms with Crippen LogP contribution >= 0.6 is 0 Å². The lowest BCUT2D eigenvalue weighted by Crippen LogP contribution is -2.41. The Hall–Kier alpha value is -1.63. The van der Waals surface area contributed by atoms with E-state index in [1.165, 1.54) is 7.11 Å². The fraction of sp³-hybridized carbons (Fsp3) is 0.727. The molecular formula is C11H20N2O5. The van der Waals surface area contributed by atoms with Crippen LogP contribution in [0.5, 0.6) is 0 Å². The number of nitrogens with two attached hydrogens (primary N) is 1. The lowest BCUT2D eigenvalue weighted by molar-refractivity contribution is -0.142. The Kier molecular flexibility index (Phi) is 7.69. The van der Waals surface area contributed by atoms with E-state index in [2.05, 4.69) is 5.32 Å². The summed E-state index contributed by atoms with van der Waals surface area (Å²) in [5.74, 6) is -2.15. The highest BCUT2D eigenvalue weighted by molar-refractivity contribution is 5.84. The molecule has 0 spiro atoms. The Balaban J connectivity index is 4.11. The third kappa shape index (κ3) is 7.61. The van der Waals surface area contributed by atoms with Crippen molar-refractivity contribution in [1.82, 2.24) is 5.32 Å². The summed E-state index contributed by atoms with van der Waals surface area (Å²) in [6.07, 6.45) is 0.534. The second-order valence-electron chi connectivity index (χ2n) is 4.05. The van der Waals surface area contributed by atoms with Crippen molar-refractivity contribution >= 4 is 17.8 Å². The molecule has 0 aromatic heterocycles. The summed E-state index contributed by atoms with van der Waals surface area (Å²) in [4.78, 5) is 32.9. The lowest BCUT2D eigenvalue weighted by atomic mass is 10.1. The molecule has 0 radical (unpaired) electrons. The molecule has 0 fully saturated rings. The first-order chi connectivity index (χ1) is 8.36. The maximum Gasteiger partial charge on any atom is 0.326 e. The number of hydrogen-bond acceptors (Lipinski definition) is 4. The van der Waals surface area contributed by atoms with Crippen LogP contribution in [-0.4, -0.2) is 42.1 Å². The van der Waals surface area contributed by atoms with E-state index in [1.54, 1.807) is 0 Å².